The van der Waals surface area contributed by atoms with E-state index in [9.17, 15) is 24.0 Å². The van der Waals surface area contributed by atoms with Crippen LogP contribution in [0.5, 0.6) is 5.75 Å². The van der Waals surface area contributed by atoms with Crippen LogP contribution < -0.4 is 20.7 Å². The van der Waals surface area contributed by atoms with Crippen molar-refractivity contribution in [2.75, 3.05) is 19.7 Å². The van der Waals surface area contributed by atoms with Gasteiger partial charge in [0.15, 0.2) is 0 Å². The Kier molecular flexibility index (Phi) is 11.5. The van der Waals surface area contributed by atoms with E-state index in [2.05, 4.69) is 20.9 Å². The molecule has 4 aromatic carbocycles. The number of aromatic amines is 1. The van der Waals surface area contributed by atoms with Crippen molar-refractivity contribution in [2.45, 2.75) is 25.8 Å². The zero-order chi connectivity index (χ0) is 34.6. The number of H-pyrrole nitrogens is 1. The summed E-state index contributed by atoms with van der Waals surface area (Å²) < 4.78 is 10.3. The number of hydrogen-bond donors (Lipinski definition) is 4. The summed E-state index contributed by atoms with van der Waals surface area (Å²) in [6.45, 7) is 1.05. The Balaban J connectivity index is 1.22. The molecule has 11 nitrogen and oxygen atoms in total. The second-order valence-electron chi connectivity index (χ2n) is 11.1. The lowest BCUT2D eigenvalue weighted by Gasteiger charge is -2.19. The molecule has 0 aliphatic heterocycles. The molecule has 11 heteroatoms. The van der Waals surface area contributed by atoms with Crippen LogP contribution in [0.3, 0.4) is 0 Å². The quantitative estimate of drug-likeness (QED) is 0.103. The molecular weight excluding hydrogens is 624 g/mol. The van der Waals surface area contributed by atoms with Gasteiger partial charge in [0.05, 0.1) is 30.8 Å². The summed E-state index contributed by atoms with van der Waals surface area (Å²) in [7, 11) is 0. The zero-order valence-electron chi connectivity index (χ0n) is 26.9. The third-order valence-electron chi connectivity index (χ3n) is 7.61. The van der Waals surface area contributed by atoms with Gasteiger partial charge in [0.1, 0.15) is 18.3 Å². The molecule has 0 fully saturated rings. The smallest absolute Gasteiger partial charge is 0.343 e. The van der Waals surface area contributed by atoms with E-state index in [-0.39, 0.29) is 38.4 Å². The highest BCUT2D eigenvalue weighted by atomic mass is 16.5. The number of nitrogens with one attached hydrogen (secondary N) is 4. The SMILES string of the molecule is CCOC(=O)CNC(=O)[C@H](Cc1ccc(OC(=O)c2ccccc2)cc1)NC(=O)CNC(=O)Cc1c(-c2ccccc2)[nH]c2ccccc12. The standard InChI is InChI=1S/C38H36N4O7/c1-2-48-35(45)24-40-37(46)32(21-25-17-19-28(20-18-25)49-38(47)27-13-7-4-8-14-27)41-34(44)23-39-33(43)22-30-29-15-9-10-16-31(29)42-36(30)26-11-5-3-6-12-26/h3-20,32,42H,2,21-24H2,1H3,(H,39,43)(H,40,46)(H,41,44)/t32-/m0/s1. The van der Waals surface area contributed by atoms with Crippen LogP contribution >= 0.6 is 0 Å². The van der Waals surface area contributed by atoms with Crippen molar-refractivity contribution in [3.8, 4) is 17.0 Å². The summed E-state index contributed by atoms with van der Waals surface area (Å²) in [4.78, 5) is 67.0. The minimum absolute atomic E-state index is 0.0200. The Bertz CT molecular complexity index is 1920. The van der Waals surface area contributed by atoms with E-state index in [1.807, 2.05) is 54.6 Å². The molecule has 0 bridgehead atoms. The van der Waals surface area contributed by atoms with Gasteiger partial charge in [-0.05, 0) is 53.9 Å². The first-order chi connectivity index (χ1) is 23.8. The fourth-order valence-corrected chi connectivity index (χ4v) is 5.26. The van der Waals surface area contributed by atoms with Crippen molar-refractivity contribution in [3.63, 3.8) is 0 Å². The predicted octanol–water partition coefficient (Wildman–Crippen LogP) is 4.12. The van der Waals surface area contributed by atoms with E-state index in [4.69, 9.17) is 9.47 Å². The number of esters is 2. The topological polar surface area (TPSA) is 156 Å². The number of rotatable bonds is 14. The van der Waals surface area contributed by atoms with Crippen LogP contribution in [0, 0.1) is 0 Å². The molecule has 1 heterocycles. The van der Waals surface area contributed by atoms with Gasteiger partial charge in [-0.15, -0.1) is 0 Å². The van der Waals surface area contributed by atoms with Crippen molar-refractivity contribution in [2.24, 2.45) is 0 Å². The first-order valence-corrected chi connectivity index (χ1v) is 15.8. The maximum atomic E-state index is 13.1. The molecule has 0 aliphatic rings. The fraction of sp³-hybridized carbons (Fsp3) is 0.184. The van der Waals surface area contributed by atoms with Crippen molar-refractivity contribution < 1.29 is 33.4 Å². The highest BCUT2D eigenvalue weighted by molar-refractivity contribution is 5.96. The molecule has 5 aromatic rings. The summed E-state index contributed by atoms with van der Waals surface area (Å²) in [6.07, 6.45) is 0.0726. The number of ether oxygens (including phenoxy) is 2. The highest BCUT2D eigenvalue weighted by Crippen LogP contribution is 2.30. The first-order valence-electron chi connectivity index (χ1n) is 15.8. The summed E-state index contributed by atoms with van der Waals surface area (Å²) in [5.41, 5.74) is 4.49. The van der Waals surface area contributed by atoms with Gasteiger partial charge in [0, 0.05) is 17.3 Å². The molecule has 49 heavy (non-hydrogen) atoms. The third-order valence-corrected chi connectivity index (χ3v) is 7.61. The molecule has 0 spiro atoms. The van der Waals surface area contributed by atoms with Gasteiger partial charge in [-0.1, -0.05) is 78.9 Å². The number of amides is 3. The fourth-order valence-electron chi connectivity index (χ4n) is 5.26. The minimum atomic E-state index is -1.09. The van der Waals surface area contributed by atoms with Crippen LogP contribution in [-0.2, 0) is 36.8 Å². The molecule has 250 valence electrons. The van der Waals surface area contributed by atoms with Gasteiger partial charge in [0.25, 0.3) is 0 Å². The molecule has 0 aliphatic carbocycles. The normalized spacial score (nSPS) is 11.3. The maximum absolute atomic E-state index is 13.1. The highest BCUT2D eigenvalue weighted by Gasteiger charge is 2.23. The summed E-state index contributed by atoms with van der Waals surface area (Å²) >= 11 is 0. The molecule has 0 saturated carbocycles. The van der Waals surface area contributed by atoms with E-state index >= 15 is 0 Å². The number of carbonyl (C=O) groups is 5. The third kappa shape index (κ3) is 9.41. The van der Waals surface area contributed by atoms with E-state index in [0.29, 0.717) is 16.9 Å². The molecular formula is C38H36N4O7. The lowest BCUT2D eigenvalue weighted by atomic mass is 10.0. The van der Waals surface area contributed by atoms with Crippen LogP contribution in [0.25, 0.3) is 22.2 Å². The van der Waals surface area contributed by atoms with Crippen LogP contribution in [0.15, 0.2) is 109 Å². The maximum Gasteiger partial charge on any atom is 0.343 e. The largest absolute Gasteiger partial charge is 0.465 e. The Morgan fingerprint density at radius 1 is 0.735 bits per heavy atom. The van der Waals surface area contributed by atoms with Gasteiger partial charge in [0.2, 0.25) is 17.7 Å². The van der Waals surface area contributed by atoms with E-state index in [0.717, 1.165) is 27.7 Å². The number of hydrogen-bond acceptors (Lipinski definition) is 7. The van der Waals surface area contributed by atoms with Crippen molar-refractivity contribution in [1.82, 2.24) is 20.9 Å². The molecule has 1 aromatic heterocycles. The second kappa shape index (κ2) is 16.6. The Labute approximate surface area is 283 Å². The molecule has 0 unspecified atom stereocenters. The lowest BCUT2D eigenvalue weighted by molar-refractivity contribution is -0.143. The number of carbonyl (C=O) groups excluding carboxylic acids is 5. The molecule has 0 radical (unpaired) electrons. The van der Waals surface area contributed by atoms with E-state index in [1.165, 1.54) is 0 Å². The zero-order valence-corrected chi connectivity index (χ0v) is 26.9. The van der Waals surface area contributed by atoms with Crippen molar-refractivity contribution in [1.29, 1.82) is 0 Å². The van der Waals surface area contributed by atoms with Crippen LogP contribution in [0.1, 0.15) is 28.4 Å². The molecule has 3 amide bonds. The predicted molar refractivity (Wildman–Crippen MR) is 184 cm³/mol. The van der Waals surface area contributed by atoms with Gasteiger partial charge >= 0.3 is 11.9 Å². The summed E-state index contributed by atoms with van der Waals surface area (Å²) in [5, 5.41) is 8.72. The molecule has 4 N–H and O–H groups in total. The van der Waals surface area contributed by atoms with E-state index < -0.39 is 29.8 Å². The Hall–Kier alpha value is -6.23. The molecule has 1 atom stereocenters. The monoisotopic (exact) mass is 660 g/mol. The average Bonchev–Trinajstić information content (AvgIpc) is 3.49. The molecule has 5 rings (SSSR count). The summed E-state index contributed by atoms with van der Waals surface area (Å²) in [5.74, 6) is -2.41. The molecule has 0 saturated heterocycles. The Morgan fingerprint density at radius 3 is 2.12 bits per heavy atom. The van der Waals surface area contributed by atoms with Crippen molar-refractivity contribution in [3.05, 3.63) is 126 Å². The lowest BCUT2D eigenvalue weighted by Crippen LogP contribution is -2.51. The van der Waals surface area contributed by atoms with Crippen LogP contribution in [0.2, 0.25) is 0 Å². The van der Waals surface area contributed by atoms with Gasteiger partial charge in [-0.3, -0.25) is 19.2 Å². The Morgan fingerprint density at radius 2 is 1.41 bits per heavy atom. The number of para-hydroxylation sites is 1. The van der Waals surface area contributed by atoms with Crippen LogP contribution in [-0.4, -0.2) is 60.4 Å². The van der Waals surface area contributed by atoms with Crippen LogP contribution in [0.4, 0.5) is 0 Å². The van der Waals surface area contributed by atoms with Gasteiger partial charge < -0.3 is 30.4 Å². The average molecular weight is 661 g/mol. The number of benzene rings is 4. The minimum Gasteiger partial charge on any atom is -0.465 e. The summed E-state index contributed by atoms with van der Waals surface area (Å²) in [6, 6.07) is 31.3. The van der Waals surface area contributed by atoms with Gasteiger partial charge in [-0.25, -0.2) is 4.79 Å². The van der Waals surface area contributed by atoms with E-state index in [1.54, 1.807) is 61.5 Å². The number of aromatic nitrogens is 1. The number of fused-ring (bicyclic) bond motifs is 1. The second-order valence-corrected chi connectivity index (χ2v) is 11.1. The van der Waals surface area contributed by atoms with Gasteiger partial charge in [-0.2, -0.15) is 0 Å². The first kappa shape index (κ1) is 34.1. The van der Waals surface area contributed by atoms with Crippen molar-refractivity contribution >= 4 is 40.6 Å².